The van der Waals surface area contributed by atoms with Crippen molar-refractivity contribution < 1.29 is 19.6 Å². The van der Waals surface area contributed by atoms with Gasteiger partial charge in [-0.15, -0.1) is 0 Å². The van der Waals surface area contributed by atoms with Gasteiger partial charge in [-0.3, -0.25) is 19.7 Å². The fraction of sp³-hybridized carbons (Fsp3) is 0.200. The third kappa shape index (κ3) is 3.90. The van der Waals surface area contributed by atoms with Crippen molar-refractivity contribution in [2.75, 3.05) is 0 Å². The summed E-state index contributed by atoms with van der Waals surface area (Å²) in [6.45, 7) is -0.0662. The highest BCUT2D eigenvalue weighted by Crippen LogP contribution is 2.16. The van der Waals surface area contributed by atoms with Crippen molar-refractivity contribution in [1.82, 2.24) is 5.32 Å². The molecule has 0 aliphatic heterocycles. The van der Waals surface area contributed by atoms with Gasteiger partial charge in [-0.2, -0.15) is 0 Å². The van der Waals surface area contributed by atoms with Crippen LogP contribution in [0.1, 0.15) is 12.0 Å². The minimum Gasteiger partial charge on any atom is -0.481 e. The maximum Gasteiger partial charge on any atom is 0.312 e. The SMILES string of the molecule is O=C(O)CC(=O)NCc1ccccc1[N+](=O)[O-]. The highest BCUT2D eigenvalue weighted by molar-refractivity contribution is 5.93. The number of nitrogens with one attached hydrogen (secondary N) is 1. The maximum absolute atomic E-state index is 11.0. The van der Waals surface area contributed by atoms with E-state index in [0.29, 0.717) is 5.56 Å². The van der Waals surface area contributed by atoms with Crippen LogP contribution < -0.4 is 5.32 Å². The van der Waals surface area contributed by atoms with Gasteiger partial charge < -0.3 is 10.4 Å². The van der Waals surface area contributed by atoms with Crippen LogP contribution in [0, 0.1) is 10.1 Å². The molecule has 0 radical (unpaired) electrons. The second-order valence-corrected chi connectivity index (χ2v) is 3.23. The predicted molar refractivity (Wildman–Crippen MR) is 57.2 cm³/mol. The summed E-state index contributed by atoms with van der Waals surface area (Å²) in [6.07, 6.45) is -0.652. The zero-order valence-electron chi connectivity index (χ0n) is 8.75. The fourth-order valence-electron chi connectivity index (χ4n) is 1.23. The number of hydrogen-bond donors (Lipinski definition) is 2. The Hall–Kier alpha value is -2.44. The number of carbonyl (C=O) groups is 2. The molecule has 17 heavy (non-hydrogen) atoms. The molecule has 2 N–H and O–H groups in total. The summed E-state index contributed by atoms with van der Waals surface area (Å²) in [5, 5.41) is 21.3. The van der Waals surface area contributed by atoms with E-state index in [1.165, 1.54) is 18.2 Å². The summed E-state index contributed by atoms with van der Waals surface area (Å²) in [7, 11) is 0. The topological polar surface area (TPSA) is 110 Å². The van der Waals surface area contributed by atoms with Crippen LogP contribution in [-0.2, 0) is 16.1 Å². The molecule has 0 saturated heterocycles. The number of carbonyl (C=O) groups excluding carboxylic acids is 1. The van der Waals surface area contributed by atoms with Gasteiger partial charge in [0.05, 0.1) is 4.92 Å². The monoisotopic (exact) mass is 238 g/mol. The summed E-state index contributed by atoms with van der Waals surface area (Å²) in [6, 6.07) is 5.93. The maximum atomic E-state index is 11.0. The summed E-state index contributed by atoms with van der Waals surface area (Å²) < 4.78 is 0. The molecule has 0 bridgehead atoms. The van der Waals surface area contributed by atoms with Gasteiger partial charge in [0.1, 0.15) is 6.42 Å². The zero-order chi connectivity index (χ0) is 12.8. The van der Waals surface area contributed by atoms with Gasteiger partial charge in [-0.25, -0.2) is 0 Å². The van der Waals surface area contributed by atoms with Crippen molar-refractivity contribution in [1.29, 1.82) is 0 Å². The number of nitro groups is 1. The Balaban J connectivity index is 2.66. The number of amides is 1. The molecular weight excluding hydrogens is 228 g/mol. The van der Waals surface area contributed by atoms with Crippen molar-refractivity contribution in [2.45, 2.75) is 13.0 Å². The Kier molecular flexibility index (Phi) is 4.15. The number of carboxylic acids is 1. The van der Waals surface area contributed by atoms with Crippen LogP contribution >= 0.6 is 0 Å². The van der Waals surface area contributed by atoms with E-state index in [9.17, 15) is 19.7 Å². The molecule has 1 aromatic carbocycles. The molecule has 0 heterocycles. The van der Waals surface area contributed by atoms with E-state index in [0.717, 1.165) is 0 Å². The van der Waals surface area contributed by atoms with Gasteiger partial charge in [0, 0.05) is 18.2 Å². The van der Waals surface area contributed by atoms with Crippen LogP contribution in [0.25, 0.3) is 0 Å². The van der Waals surface area contributed by atoms with E-state index in [-0.39, 0.29) is 12.2 Å². The average Bonchev–Trinajstić information content (AvgIpc) is 2.25. The van der Waals surface area contributed by atoms with Crippen LogP contribution in [0.4, 0.5) is 5.69 Å². The number of nitro benzene ring substituents is 1. The molecule has 0 aromatic heterocycles. The summed E-state index contributed by atoms with van der Waals surface area (Å²) in [4.78, 5) is 31.4. The van der Waals surface area contributed by atoms with Crippen molar-refractivity contribution in [3.8, 4) is 0 Å². The predicted octanol–water partition coefficient (Wildman–Crippen LogP) is 0.686. The van der Waals surface area contributed by atoms with Gasteiger partial charge >= 0.3 is 5.97 Å². The molecule has 0 spiro atoms. The van der Waals surface area contributed by atoms with Crippen LogP contribution in [0.3, 0.4) is 0 Å². The Morgan fingerprint density at radius 3 is 2.59 bits per heavy atom. The van der Waals surface area contributed by atoms with Crippen molar-refractivity contribution in [3.05, 3.63) is 39.9 Å². The van der Waals surface area contributed by atoms with Crippen LogP contribution in [0.2, 0.25) is 0 Å². The van der Waals surface area contributed by atoms with Gasteiger partial charge in [-0.05, 0) is 0 Å². The number of rotatable bonds is 5. The molecule has 0 atom stereocenters. The first-order valence-corrected chi connectivity index (χ1v) is 4.71. The summed E-state index contributed by atoms with van der Waals surface area (Å²) in [5.74, 6) is -1.93. The van der Waals surface area contributed by atoms with E-state index >= 15 is 0 Å². The molecular formula is C10H10N2O5. The lowest BCUT2D eigenvalue weighted by atomic mass is 10.2. The Bertz CT molecular complexity index is 458. The Morgan fingerprint density at radius 2 is 2.00 bits per heavy atom. The number of para-hydroxylation sites is 1. The highest BCUT2D eigenvalue weighted by atomic mass is 16.6. The first-order chi connectivity index (χ1) is 8.00. The van der Waals surface area contributed by atoms with Gasteiger partial charge in [0.25, 0.3) is 5.69 Å². The molecule has 1 amide bonds. The Labute approximate surface area is 96.2 Å². The molecule has 1 aromatic rings. The number of hydrogen-bond acceptors (Lipinski definition) is 4. The van der Waals surface area contributed by atoms with E-state index in [1.54, 1.807) is 6.07 Å². The molecule has 0 saturated carbocycles. The average molecular weight is 238 g/mol. The molecule has 7 heteroatoms. The molecule has 0 aliphatic carbocycles. The molecule has 0 aliphatic rings. The number of carboxylic acid groups (broad SMARTS) is 1. The quantitative estimate of drug-likeness (QED) is 0.445. The smallest absolute Gasteiger partial charge is 0.312 e. The first-order valence-electron chi connectivity index (χ1n) is 4.71. The fourth-order valence-corrected chi connectivity index (χ4v) is 1.23. The number of aliphatic carboxylic acids is 1. The number of nitrogens with zero attached hydrogens (tertiary/aromatic N) is 1. The zero-order valence-corrected chi connectivity index (χ0v) is 8.75. The Morgan fingerprint density at radius 1 is 1.35 bits per heavy atom. The lowest BCUT2D eigenvalue weighted by Gasteiger charge is -2.04. The van der Waals surface area contributed by atoms with Crippen molar-refractivity contribution in [2.24, 2.45) is 0 Å². The normalized spacial score (nSPS) is 9.65. The van der Waals surface area contributed by atoms with Crippen molar-refractivity contribution >= 4 is 17.6 Å². The molecule has 1 rings (SSSR count). The van der Waals surface area contributed by atoms with Gasteiger partial charge in [-0.1, -0.05) is 18.2 Å². The third-order valence-electron chi connectivity index (χ3n) is 1.98. The molecule has 7 nitrogen and oxygen atoms in total. The van der Waals surface area contributed by atoms with Crippen molar-refractivity contribution in [3.63, 3.8) is 0 Å². The minimum absolute atomic E-state index is 0.0662. The number of benzene rings is 1. The first kappa shape index (κ1) is 12.6. The molecule has 0 fully saturated rings. The molecule has 0 unspecified atom stereocenters. The van der Waals surface area contributed by atoms with E-state index < -0.39 is 23.2 Å². The van der Waals surface area contributed by atoms with Gasteiger partial charge in [0.2, 0.25) is 5.91 Å². The van der Waals surface area contributed by atoms with Crippen LogP contribution in [0.15, 0.2) is 24.3 Å². The minimum atomic E-state index is -1.25. The second-order valence-electron chi connectivity index (χ2n) is 3.23. The largest absolute Gasteiger partial charge is 0.481 e. The van der Waals surface area contributed by atoms with E-state index in [1.807, 2.05) is 0 Å². The summed E-state index contributed by atoms with van der Waals surface area (Å²) >= 11 is 0. The lowest BCUT2D eigenvalue weighted by Crippen LogP contribution is -2.25. The van der Waals surface area contributed by atoms with E-state index in [4.69, 9.17) is 5.11 Å². The highest BCUT2D eigenvalue weighted by Gasteiger charge is 2.13. The second kappa shape index (κ2) is 5.59. The third-order valence-corrected chi connectivity index (χ3v) is 1.98. The standard InChI is InChI=1S/C10H10N2O5/c13-9(5-10(14)15)11-6-7-3-1-2-4-8(7)12(16)17/h1-4H,5-6H2,(H,11,13)(H,14,15). The van der Waals surface area contributed by atoms with Crippen LogP contribution in [-0.4, -0.2) is 21.9 Å². The van der Waals surface area contributed by atoms with Crippen LogP contribution in [0.5, 0.6) is 0 Å². The van der Waals surface area contributed by atoms with E-state index in [2.05, 4.69) is 5.32 Å². The summed E-state index contributed by atoms with van der Waals surface area (Å²) in [5.41, 5.74) is 0.222. The molecule has 90 valence electrons. The van der Waals surface area contributed by atoms with Gasteiger partial charge in [0.15, 0.2) is 0 Å². The lowest BCUT2D eigenvalue weighted by molar-refractivity contribution is -0.385.